The van der Waals surface area contributed by atoms with Gasteiger partial charge in [0.1, 0.15) is 5.73 Å². The topological polar surface area (TPSA) is 44.8 Å². The van der Waals surface area contributed by atoms with E-state index in [-0.39, 0.29) is 11.7 Å². The Morgan fingerprint density at radius 2 is 1.71 bits per heavy atom. The lowest BCUT2D eigenvalue weighted by molar-refractivity contribution is -0.142. The van der Waals surface area contributed by atoms with Crippen LogP contribution in [0.2, 0.25) is 6.55 Å². The summed E-state index contributed by atoms with van der Waals surface area (Å²) in [5, 5.41) is 0. The maximum Gasteiger partial charge on any atom is 0.377 e. The Balaban J connectivity index is 4.77. The molecule has 1 unspecified atom stereocenters. The van der Waals surface area contributed by atoms with Crippen LogP contribution in [0.25, 0.3) is 0 Å². The van der Waals surface area contributed by atoms with E-state index in [2.05, 4.69) is 6.58 Å². The maximum absolute atomic E-state index is 11.6. The van der Waals surface area contributed by atoms with Crippen molar-refractivity contribution in [1.82, 2.24) is 0 Å². The molecule has 0 bridgehead atoms. The highest BCUT2D eigenvalue weighted by Crippen LogP contribution is 2.19. The maximum atomic E-state index is 11.6. The second-order valence-corrected chi connectivity index (χ2v) is 7.22. The molecule has 0 aliphatic heterocycles. The molecular formula is C12H24O4Si. The first kappa shape index (κ1) is 16.3. The van der Waals surface area contributed by atoms with Crippen LogP contribution in [0, 0.1) is 0 Å². The van der Waals surface area contributed by atoms with Crippen molar-refractivity contribution in [1.29, 1.82) is 0 Å². The third kappa shape index (κ3) is 5.02. The van der Waals surface area contributed by atoms with Crippen molar-refractivity contribution in [3.63, 3.8) is 0 Å². The minimum atomic E-state index is -2.47. The van der Waals surface area contributed by atoms with Gasteiger partial charge < -0.3 is 13.6 Å². The Kier molecular flexibility index (Phi) is 7.34. The SMILES string of the molecule is C=C(C)C(=O)OC(CC)[Si](C)(OCC)OCC. The van der Waals surface area contributed by atoms with Crippen LogP contribution in [0.4, 0.5) is 0 Å². The molecule has 4 nitrogen and oxygen atoms in total. The summed E-state index contributed by atoms with van der Waals surface area (Å²) >= 11 is 0. The van der Waals surface area contributed by atoms with Crippen LogP contribution < -0.4 is 0 Å². The molecule has 0 aromatic heterocycles. The first-order valence-corrected chi connectivity index (χ1v) is 8.45. The van der Waals surface area contributed by atoms with E-state index in [0.717, 1.165) is 0 Å². The average molecular weight is 260 g/mol. The van der Waals surface area contributed by atoms with Gasteiger partial charge in [-0.2, -0.15) is 0 Å². The number of hydrogen-bond donors (Lipinski definition) is 0. The van der Waals surface area contributed by atoms with Crippen molar-refractivity contribution >= 4 is 14.5 Å². The first-order chi connectivity index (χ1) is 7.91. The van der Waals surface area contributed by atoms with E-state index in [9.17, 15) is 4.79 Å². The highest BCUT2D eigenvalue weighted by atomic mass is 28.4. The summed E-state index contributed by atoms with van der Waals surface area (Å²) in [6.07, 6.45) is 0.682. The Morgan fingerprint density at radius 1 is 1.24 bits per heavy atom. The molecule has 100 valence electrons. The third-order valence-corrected chi connectivity index (χ3v) is 5.83. The second-order valence-electron chi connectivity index (χ2n) is 3.96. The van der Waals surface area contributed by atoms with Gasteiger partial charge in [0.15, 0.2) is 0 Å². The molecule has 0 heterocycles. The number of carbonyl (C=O) groups excluding carboxylic acids is 1. The molecule has 0 amide bonds. The van der Waals surface area contributed by atoms with E-state index in [4.69, 9.17) is 13.6 Å². The monoisotopic (exact) mass is 260 g/mol. The van der Waals surface area contributed by atoms with Crippen LogP contribution in [-0.4, -0.2) is 33.5 Å². The largest absolute Gasteiger partial charge is 0.457 e. The van der Waals surface area contributed by atoms with Gasteiger partial charge in [0.25, 0.3) is 0 Å². The lowest BCUT2D eigenvalue weighted by Crippen LogP contribution is -2.52. The van der Waals surface area contributed by atoms with Crippen molar-refractivity contribution in [2.75, 3.05) is 13.2 Å². The van der Waals surface area contributed by atoms with Crippen LogP contribution >= 0.6 is 0 Å². The molecule has 0 aromatic rings. The van der Waals surface area contributed by atoms with Crippen LogP contribution in [0.3, 0.4) is 0 Å². The van der Waals surface area contributed by atoms with E-state index in [1.54, 1.807) is 6.92 Å². The number of rotatable bonds is 8. The van der Waals surface area contributed by atoms with E-state index >= 15 is 0 Å². The second kappa shape index (κ2) is 7.63. The number of esters is 1. The van der Waals surface area contributed by atoms with Gasteiger partial charge in [-0.1, -0.05) is 13.5 Å². The average Bonchev–Trinajstić information content (AvgIpc) is 2.25. The van der Waals surface area contributed by atoms with E-state index in [1.165, 1.54) is 0 Å². The molecular weight excluding hydrogens is 236 g/mol. The lowest BCUT2D eigenvalue weighted by Gasteiger charge is -2.32. The van der Waals surface area contributed by atoms with Crippen molar-refractivity contribution < 1.29 is 18.4 Å². The zero-order valence-corrected chi connectivity index (χ0v) is 12.5. The minimum Gasteiger partial charge on any atom is -0.457 e. The van der Waals surface area contributed by atoms with Gasteiger partial charge in [-0.15, -0.1) is 0 Å². The molecule has 0 saturated carbocycles. The molecule has 0 radical (unpaired) electrons. The Bertz CT molecular complexity index is 259. The predicted molar refractivity (Wildman–Crippen MR) is 69.9 cm³/mol. The van der Waals surface area contributed by atoms with Crippen molar-refractivity contribution in [2.45, 2.75) is 46.4 Å². The summed E-state index contributed by atoms with van der Waals surface area (Å²) in [6, 6.07) is 0. The molecule has 0 saturated heterocycles. The predicted octanol–water partition coefficient (Wildman–Crippen LogP) is 2.57. The smallest absolute Gasteiger partial charge is 0.377 e. The van der Waals surface area contributed by atoms with Gasteiger partial charge in [-0.3, -0.25) is 0 Å². The zero-order valence-electron chi connectivity index (χ0n) is 11.5. The van der Waals surface area contributed by atoms with E-state index in [1.807, 2.05) is 27.3 Å². The van der Waals surface area contributed by atoms with Gasteiger partial charge in [0.2, 0.25) is 0 Å². The highest BCUT2D eigenvalue weighted by molar-refractivity contribution is 6.67. The molecule has 0 spiro atoms. The highest BCUT2D eigenvalue weighted by Gasteiger charge is 2.42. The van der Waals surface area contributed by atoms with Crippen LogP contribution in [0.1, 0.15) is 34.1 Å². The lowest BCUT2D eigenvalue weighted by atomic mass is 10.4. The molecule has 0 aliphatic rings. The summed E-state index contributed by atoms with van der Waals surface area (Å²) in [5.74, 6) is -0.380. The minimum absolute atomic E-state index is 0.299. The van der Waals surface area contributed by atoms with Gasteiger partial charge in [-0.25, -0.2) is 4.79 Å². The van der Waals surface area contributed by atoms with Crippen LogP contribution in [0.5, 0.6) is 0 Å². The Hall–Kier alpha value is -0.653. The zero-order chi connectivity index (χ0) is 13.5. The first-order valence-electron chi connectivity index (χ1n) is 6.05. The molecule has 1 atom stereocenters. The molecule has 0 rings (SSSR count). The van der Waals surface area contributed by atoms with Crippen LogP contribution in [0.15, 0.2) is 12.2 Å². The summed E-state index contributed by atoms with van der Waals surface area (Å²) < 4.78 is 16.8. The van der Waals surface area contributed by atoms with Gasteiger partial charge in [0.05, 0.1) is 0 Å². The summed E-state index contributed by atoms with van der Waals surface area (Å²) in [4.78, 5) is 11.6. The molecule has 0 fully saturated rings. The Morgan fingerprint density at radius 3 is 2.00 bits per heavy atom. The quantitative estimate of drug-likeness (QED) is 0.382. The normalized spacial score (nSPS) is 13.2. The van der Waals surface area contributed by atoms with Gasteiger partial charge in [-0.05, 0) is 33.7 Å². The fourth-order valence-corrected chi connectivity index (χ4v) is 4.26. The Labute approximate surface area is 105 Å². The van der Waals surface area contributed by atoms with Gasteiger partial charge in [0, 0.05) is 18.8 Å². The molecule has 0 aliphatic carbocycles. The van der Waals surface area contributed by atoms with Gasteiger partial charge >= 0.3 is 14.5 Å². The summed E-state index contributed by atoms with van der Waals surface area (Å²) in [6.45, 7) is 14.0. The van der Waals surface area contributed by atoms with Crippen LogP contribution in [-0.2, 0) is 18.4 Å². The fraction of sp³-hybridized carbons (Fsp3) is 0.750. The number of hydrogen-bond acceptors (Lipinski definition) is 4. The standard InChI is InChI=1S/C12H24O4Si/c1-7-11(16-12(13)10(4)5)17(6,14-8-2)15-9-3/h11H,4,7-9H2,1-3,5-6H3. The number of carbonyl (C=O) groups is 1. The number of ether oxygens (including phenoxy) is 1. The van der Waals surface area contributed by atoms with Crippen molar-refractivity contribution in [2.24, 2.45) is 0 Å². The van der Waals surface area contributed by atoms with Crippen molar-refractivity contribution in [3.05, 3.63) is 12.2 Å². The summed E-state index contributed by atoms with van der Waals surface area (Å²) in [5.41, 5.74) is 0.0967. The fourth-order valence-electron chi connectivity index (χ4n) is 1.59. The van der Waals surface area contributed by atoms with E-state index in [0.29, 0.717) is 25.2 Å². The molecule has 0 N–H and O–H groups in total. The van der Waals surface area contributed by atoms with E-state index < -0.39 is 8.56 Å². The summed E-state index contributed by atoms with van der Waals surface area (Å²) in [7, 11) is -2.47. The third-order valence-electron chi connectivity index (χ3n) is 2.42. The molecule has 0 aromatic carbocycles. The van der Waals surface area contributed by atoms with Crippen molar-refractivity contribution in [3.8, 4) is 0 Å². The molecule has 17 heavy (non-hydrogen) atoms. The molecule has 5 heteroatoms.